The lowest BCUT2D eigenvalue weighted by atomic mass is 10.3. The highest BCUT2D eigenvalue weighted by Gasteiger charge is 2.00. The van der Waals surface area contributed by atoms with Gasteiger partial charge in [-0.2, -0.15) is 0 Å². The average molecular weight is 231 g/mol. The first-order valence-corrected chi connectivity index (χ1v) is 3.98. The standard InChI is InChI=1S/C7H7BrN2O2/c8-6-1-5(3-12-4-11)7(9)10-2-6/h1-2,4H,3H2,(H2,9,10). The molecule has 64 valence electrons. The summed E-state index contributed by atoms with van der Waals surface area (Å²) in [4.78, 5) is 13.7. The molecule has 0 aliphatic heterocycles. The second kappa shape index (κ2) is 4.06. The maximum Gasteiger partial charge on any atom is 0.293 e. The van der Waals surface area contributed by atoms with Crippen molar-refractivity contribution in [3.05, 3.63) is 22.3 Å². The number of anilines is 1. The van der Waals surface area contributed by atoms with Gasteiger partial charge in [0, 0.05) is 16.2 Å². The summed E-state index contributed by atoms with van der Waals surface area (Å²) in [6.45, 7) is 0.530. The zero-order valence-corrected chi connectivity index (χ0v) is 7.74. The quantitative estimate of drug-likeness (QED) is 0.791. The molecule has 0 spiro atoms. The van der Waals surface area contributed by atoms with Crippen LogP contribution in [0.15, 0.2) is 16.7 Å². The normalized spacial score (nSPS) is 9.42. The van der Waals surface area contributed by atoms with Gasteiger partial charge in [-0.05, 0) is 22.0 Å². The number of hydrogen-bond donors (Lipinski definition) is 1. The van der Waals surface area contributed by atoms with E-state index < -0.39 is 0 Å². The summed E-state index contributed by atoms with van der Waals surface area (Å²) in [6.07, 6.45) is 1.58. The summed E-state index contributed by atoms with van der Waals surface area (Å²) in [5.74, 6) is 0.375. The Morgan fingerprint density at radius 2 is 2.50 bits per heavy atom. The van der Waals surface area contributed by atoms with Crippen molar-refractivity contribution in [2.24, 2.45) is 0 Å². The number of halogens is 1. The van der Waals surface area contributed by atoms with Crippen molar-refractivity contribution < 1.29 is 9.53 Å². The highest BCUT2D eigenvalue weighted by atomic mass is 79.9. The molecule has 1 aromatic rings. The fourth-order valence-electron chi connectivity index (χ4n) is 0.731. The predicted molar refractivity (Wildman–Crippen MR) is 47.2 cm³/mol. The lowest BCUT2D eigenvalue weighted by Gasteiger charge is -2.02. The van der Waals surface area contributed by atoms with E-state index in [0.717, 1.165) is 4.47 Å². The van der Waals surface area contributed by atoms with Gasteiger partial charge in [0.25, 0.3) is 6.47 Å². The van der Waals surface area contributed by atoms with Gasteiger partial charge in [-0.1, -0.05) is 0 Å². The van der Waals surface area contributed by atoms with Gasteiger partial charge in [0.05, 0.1) is 0 Å². The first kappa shape index (κ1) is 8.99. The zero-order chi connectivity index (χ0) is 8.97. The van der Waals surface area contributed by atoms with Crippen LogP contribution in [0.3, 0.4) is 0 Å². The monoisotopic (exact) mass is 230 g/mol. The topological polar surface area (TPSA) is 65.2 Å². The van der Waals surface area contributed by atoms with Crippen molar-refractivity contribution >= 4 is 28.2 Å². The molecule has 0 bridgehead atoms. The van der Waals surface area contributed by atoms with Crippen LogP contribution in [-0.2, 0) is 16.1 Å². The van der Waals surface area contributed by atoms with Gasteiger partial charge < -0.3 is 10.5 Å². The highest BCUT2D eigenvalue weighted by molar-refractivity contribution is 9.10. The summed E-state index contributed by atoms with van der Waals surface area (Å²) in [6, 6.07) is 1.76. The molecule has 0 radical (unpaired) electrons. The molecule has 0 fully saturated rings. The second-order valence-electron chi connectivity index (χ2n) is 2.11. The van der Waals surface area contributed by atoms with Crippen LogP contribution in [0.4, 0.5) is 5.82 Å². The number of ether oxygens (including phenoxy) is 1. The molecule has 0 aliphatic carbocycles. The molecule has 1 heterocycles. The third-order valence-corrected chi connectivity index (χ3v) is 1.71. The highest BCUT2D eigenvalue weighted by Crippen LogP contribution is 2.15. The Kier molecular flexibility index (Phi) is 3.04. The maximum atomic E-state index is 9.88. The van der Waals surface area contributed by atoms with E-state index in [2.05, 4.69) is 25.7 Å². The van der Waals surface area contributed by atoms with Gasteiger partial charge in [-0.15, -0.1) is 0 Å². The minimum Gasteiger partial charge on any atom is -0.463 e. The van der Waals surface area contributed by atoms with Crippen molar-refractivity contribution in [3.63, 3.8) is 0 Å². The van der Waals surface area contributed by atoms with Gasteiger partial charge in [0.15, 0.2) is 0 Å². The Bertz CT molecular complexity index is 291. The van der Waals surface area contributed by atoms with Gasteiger partial charge in [0.2, 0.25) is 0 Å². The molecule has 0 amide bonds. The Hall–Kier alpha value is -1.10. The minimum atomic E-state index is 0.155. The first-order valence-electron chi connectivity index (χ1n) is 3.19. The summed E-state index contributed by atoms with van der Waals surface area (Å²) in [5.41, 5.74) is 6.19. The van der Waals surface area contributed by atoms with Crippen LogP contribution < -0.4 is 5.73 Å². The van der Waals surface area contributed by atoms with Crippen LogP contribution in [0.1, 0.15) is 5.56 Å². The Balaban J connectivity index is 2.82. The van der Waals surface area contributed by atoms with E-state index in [-0.39, 0.29) is 6.61 Å². The molecule has 0 aromatic carbocycles. The number of rotatable bonds is 3. The van der Waals surface area contributed by atoms with Crippen LogP contribution >= 0.6 is 15.9 Å². The second-order valence-corrected chi connectivity index (χ2v) is 3.02. The van der Waals surface area contributed by atoms with Crippen LogP contribution in [0.5, 0.6) is 0 Å². The van der Waals surface area contributed by atoms with E-state index in [0.29, 0.717) is 17.9 Å². The molecule has 12 heavy (non-hydrogen) atoms. The lowest BCUT2D eigenvalue weighted by molar-refractivity contribution is -0.129. The molecule has 2 N–H and O–H groups in total. The third-order valence-electron chi connectivity index (χ3n) is 1.27. The van der Waals surface area contributed by atoms with Crippen molar-refractivity contribution in [2.75, 3.05) is 5.73 Å². The van der Waals surface area contributed by atoms with Crippen LogP contribution in [0, 0.1) is 0 Å². The van der Waals surface area contributed by atoms with E-state index in [4.69, 9.17) is 5.73 Å². The van der Waals surface area contributed by atoms with Gasteiger partial charge in [0.1, 0.15) is 12.4 Å². The molecule has 0 atom stereocenters. The van der Waals surface area contributed by atoms with Gasteiger partial charge in [-0.25, -0.2) is 4.98 Å². The summed E-state index contributed by atoms with van der Waals surface area (Å²) in [7, 11) is 0. The molecule has 0 aliphatic rings. The number of nitrogens with two attached hydrogens (primary N) is 1. The maximum absolute atomic E-state index is 9.88. The number of nitrogens with zero attached hydrogens (tertiary/aromatic N) is 1. The molecular weight excluding hydrogens is 224 g/mol. The van der Waals surface area contributed by atoms with E-state index in [1.54, 1.807) is 12.3 Å². The third kappa shape index (κ3) is 2.20. The summed E-state index contributed by atoms with van der Waals surface area (Å²) in [5, 5.41) is 0. The van der Waals surface area contributed by atoms with Gasteiger partial charge >= 0.3 is 0 Å². The number of carbonyl (C=O) groups excluding carboxylic acids is 1. The Morgan fingerprint density at radius 1 is 1.75 bits per heavy atom. The van der Waals surface area contributed by atoms with Crippen molar-refractivity contribution in [2.45, 2.75) is 6.61 Å². The number of hydrogen-bond acceptors (Lipinski definition) is 4. The number of aromatic nitrogens is 1. The fourth-order valence-corrected chi connectivity index (χ4v) is 1.11. The smallest absolute Gasteiger partial charge is 0.293 e. The average Bonchev–Trinajstić information content (AvgIpc) is 2.07. The Morgan fingerprint density at radius 3 is 3.17 bits per heavy atom. The molecule has 1 aromatic heterocycles. The van der Waals surface area contributed by atoms with Crippen molar-refractivity contribution in [1.29, 1.82) is 0 Å². The number of pyridine rings is 1. The fraction of sp³-hybridized carbons (Fsp3) is 0.143. The molecule has 1 rings (SSSR count). The zero-order valence-electron chi connectivity index (χ0n) is 6.16. The molecule has 0 saturated heterocycles. The van der Waals surface area contributed by atoms with E-state index in [1.807, 2.05) is 0 Å². The number of carbonyl (C=O) groups is 1. The predicted octanol–water partition coefficient (Wildman–Crippen LogP) is 1.10. The minimum absolute atomic E-state index is 0.155. The van der Waals surface area contributed by atoms with Crippen molar-refractivity contribution in [3.8, 4) is 0 Å². The van der Waals surface area contributed by atoms with Crippen molar-refractivity contribution in [1.82, 2.24) is 4.98 Å². The molecule has 5 heteroatoms. The molecule has 0 saturated carbocycles. The summed E-state index contributed by atoms with van der Waals surface area (Å²) < 4.78 is 5.34. The molecular formula is C7H7BrN2O2. The van der Waals surface area contributed by atoms with Crippen LogP contribution in [-0.4, -0.2) is 11.5 Å². The van der Waals surface area contributed by atoms with Crippen LogP contribution in [0.2, 0.25) is 0 Å². The lowest BCUT2D eigenvalue weighted by Crippen LogP contribution is -1.99. The SMILES string of the molecule is Nc1ncc(Br)cc1COC=O. The van der Waals surface area contributed by atoms with E-state index >= 15 is 0 Å². The van der Waals surface area contributed by atoms with E-state index in [9.17, 15) is 4.79 Å². The molecule has 0 unspecified atom stereocenters. The van der Waals surface area contributed by atoms with Gasteiger partial charge in [-0.3, -0.25) is 4.79 Å². The number of nitrogen functional groups attached to an aromatic ring is 1. The van der Waals surface area contributed by atoms with E-state index in [1.165, 1.54) is 0 Å². The molecule has 4 nitrogen and oxygen atoms in total. The summed E-state index contributed by atoms with van der Waals surface area (Å²) >= 11 is 3.23. The largest absolute Gasteiger partial charge is 0.463 e. The first-order chi connectivity index (χ1) is 5.74. The van der Waals surface area contributed by atoms with Crippen LogP contribution in [0.25, 0.3) is 0 Å². The Labute approximate surface area is 77.9 Å².